The summed E-state index contributed by atoms with van der Waals surface area (Å²) in [7, 11) is 0. The maximum atomic E-state index is 11.9. The van der Waals surface area contributed by atoms with Gasteiger partial charge in [0.25, 0.3) is 0 Å². The van der Waals surface area contributed by atoms with Gasteiger partial charge in [0.1, 0.15) is 5.82 Å². The van der Waals surface area contributed by atoms with Crippen molar-refractivity contribution in [2.24, 2.45) is 5.73 Å². The molecule has 0 aromatic heterocycles. The van der Waals surface area contributed by atoms with Gasteiger partial charge in [-0.1, -0.05) is 17.7 Å². The third kappa shape index (κ3) is 5.65. The molecule has 4 N–H and O–H groups in total. The van der Waals surface area contributed by atoms with Gasteiger partial charge in [-0.3, -0.25) is 4.79 Å². The first-order chi connectivity index (χ1) is 11.5. The molecule has 0 saturated carbocycles. The fourth-order valence-corrected chi connectivity index (χ4v) is 3.02. The van der Waals surface area contributed by atoms with E-state index in [1.807, 2.05) is 13.0 Å². The van der Waals surface area contributed by atoms with Gasteiger partial charge in [0.2, 0.25) is 5.91 Å². The molecule has 130 valence electrons. The number of carbonyl (C=O) groups is 1. The molecule has 0 spiro atoms. The number of nitrogens with one attached hydrogen (secondary N) is 2. The van der Waals surface area contributed by atoms with Gasteiger partial charge >= 0.3 is 0 Å². The van der Waals surface area contributed by atoms with E-state index in [1.54, 1.807) is 12.1 Å². The smallest absolute Gasteiger partial charge is 0.225 e. The van der Waals surface area contributed by atoms with Crippen LogP contribution in [-0.4, -0.2) is 36.2 Å². The highest BCUT2D eigenvalue weighted by Crippen LogP contribution is 2.16. The lowest BCUT2D eigenvalue weighted by Crippen LogP contribution is -2.29. The highest BCUT2D eigenvalue weighted by molar-refractivity contribution is 6.31. The molecule has 1 aliphatic rings. The maximum absolute atomic E-state index is 11.9. The van der Waals surface area contributed by atoms with Crippen LogP contribution < -0.4 is 11.1 Å². The molecule has 1 saturated heterocycles. The van der Waals surface area contributed by atoms with Gasteiger partial charge in [-0.05, 0) is 63.5 Å². The highest BCUT2D eigenvalue weighted by atomic mass is 35.5. The van der Waals surface area contributed by atoms with Crippen LogP contribution in [0.1, 0.15) is 36.8 Å². The summed E-state index contributed by atoms with van der Waals surface area (Å²) in [6.45, 7) is 5.13. The third-order valence-electron chi connectivity index (χ3n) is 4.15. The Hall–Kier alpha value is -1.85. The van der Waals surface area contributed by atoms with Gasteiger partial charge in [0.05, 0.1) is 5.71 Å². The molecule has 1 aliphatic heterocycles. The zero-order valence-corrected chi connectivity index (χ0v) is 14.8. The zero-order chi connectivity index (χ0) is 17.5. The molecule has 0 aliphatic carbocycles. The van der Waals surface area contributed by atoms with Crippen molar-refractivity contribution in [2.75, 3.05) is 19.6 Å². The van der Waals surface area contributed by atoms with Gasteiger partial charge in [0.15, 0.2) is 0 Å². The first-order valence-corrected chi connectivity index (χ1v) is 8.68. The molecule has 1 heterocycles. The number of allylic oxidation sites excluding steroid dienone is 1. The van der Waals surface area contributed by atoms with E-state index >= 15 is 0 Å². The van der Waals surface area contributed by atoms with Crippen molar-refractivity contribution < 1.29 is 4.79 Å². The second kappa shape index (κ2) is 8.85. The molecule has 5 nitrogen and oxygen atoms in total. The Labute approximate surface area is 148 Å². The van der Waals surface area contributed by atoms with E-state index in [4.69, 9.17) is 22.7 Å². The average Bonchev–Trinajstić information content (AvgIpc) is 3.02. The predicted molar refractivity (Wildman–Crippen MR) is 98.3 cm³/mol. The van der Waals surface area contributed by atoms with Crippen molar-refractivity contribution in [3.63, 3.8) is 0 Å². The topological polar surface area (TPSA) is 82.2 Å². The van der Waals surface area contributed by atoms with Crippen LogP contribution in [0.2, 0.25) is 5.02 Å². The minimum absolute atomic E-state index is 0.112. The van der Waals surface area contributed by atoms with Crippen molar-refractivity contribution in [2.45, 2.75) is 32.6 Å². The van der Waals surface area contributed by atoms with E-state index in [1.165, 1.54) is 18.9 Å². The van der Waals surface area contributed by atoms with E-state index in [2.05, 4.69) is 10.2 Å². The Balaban J connectivity index is 1.82. The minimum Gasteiger partial charge on any atom is -0.385 e. The largest absolute Gasteiger partial charge is 0.385 e. The quantitative estimate of drug-likeness (QED) is 0.662. The molecule has 1 amide bonds. The van der Waals surface area contributed by atoms with Crippen molar-refractivity contribution in [1.82, 2.24) is 10.2 Å². The number of carbonyl (C=O) groups excluding carboxylic acids is 1. The number of amides is 1. The summed E-state index contributed by atoms with van der Waals surface area (Å²) in [6, 6.07) is 5.36. The molecule has 0 bridgehead atoms. The lowest BCUT2D eigenvalue weighted by Gasteiger charge is -2.13. The molecule has 2 rings (SSSR count). The molecular weight excluding hydrogens is 324 g/mol. The lowest BCUT2D eigenvalue weighted by molar-refractivity contribution is -0.120. The van der Waals surface area contributed by atoms with Crippen LogP contribution in [0, 0.1) is 12.3 Å². The van der Waals surface area contributed by atoms with Gasteiger partial charge in [-0.2, -0.15) is 0 Å². The summed E-state index contributed by atoms with van der Waals surface area (Å²) in [5.74, 6) is 0.0733. The monoisotopic (exact) mass is 348 g/mol. The molecule has 0 atom stereocenters. The van der Waals surface area contributed by atoms with Gasteiger partial charge in [0, 0.05) is 23.1 Å². The van der Waals surface area contributed by atoms with E-state index in [0.717, 1.165) is 31.6 Å². The van der Waals surface area contributed by atoms with Crippen LogP contribution in [0.15, 0.2) is 30.1 Å². The first kappa shape index (κ1) is 18.5. The summed E-state index contributed by atoms with van der Waals surface area (Å²) in [4.78, 5) is 14.3. The fraction of sp³-hybridized carbons (Fsp3) is 0.444. The Bertz CT molecular complexity index is 636. The molecular formula is C18H25ClN4O. The number of likely N-dealkylation sites (tertiary alicyclic amines) is 1. The van der Waals surface area contributed by atoms with Crippen molar-refractivity contribution in [3.05, 3.63) is 46.2 Å². The van der Waals surface area contributed by atoms with Crippen LogP contribution in [0.3, 0.4) is 0 Å². The van der Waals surface area contributed by atoms with E-state index < -0.39 is 0 Å². The van der Waals surface area contributed by atoms with Crippen molar-refractivity contribution in [3.8, 4) is 0 Å². The van der Waals surface area contributed by atoms with E-state index in [9.17, 15) is 4.79 Å². The molecule has 0 radical (unpaired) electrons. The number of aryl methyl sites for hydroxylation is 1. The summed E-state index contributed by atoms with van der Waals surface area (Å²) in [6.07, 6.45) is 5.23. The SMILES string of the molecule is Cc1ccc(Cl)cc1C(=N)/C=C(\N)NC(=O)CCCN1CCCC1. The number of nitrogens with two attached hydrogens (primary N) is 1. The third-order valence-corrected chi connectivity index (χ3v) is 4.39. The number of nitrogens with zero attached hydrogens (tertiary/aromatic N) is 1. The predicted octanol–water partition coefficient (Wildman–Crippen LogP) is 2.81. The molecule has 6 heteroatoms. The highest BCUT2D eigenvalue weighted by Gasteiger charge is 2.12. The zero-order valence-electron chi connectivity index (χ0n) is 14.1. The van der Waals surface area contributed by atoms with Crippen LogP contribution in [0.25, 0.3) is 0 Å². The second-order valence-corrected chi connectivity index (χ2v) is 6.61. The average molecular weight is 349 g/mol. The molecule has 1 aromatic rings. The van der Waals surface area contributed by atoms with E-state index in [-0.39, 0.29) is 17.4 Å². The van der Waals surface area contributed by atoms with Gasteiger partial charge < -0.3 is 21.4 Å². The second-order valence-electron chi connectivity index (χ2n) is 6.17. The molecule has 24 heavy (non-hydrogen) atoms. The molecule has 1 aromatic carbocycles. The molecule has 0 unspecified atom stereocenters. The minimum atomic E-state index is -0.112. The number of hydrogen-bond acceptors (Lipinski definition) is 4. The first-order valence-electron chi connectivity index (χ1n) is 8.30. The molecule has 1 fully saturated rings. The maximum Gasteiger partial charge on any atom is 0.225 e. The summed E-state index contributed by atoms with van der Waals surface area (Å²) in [5.41, 5.74) is 7.70. The lowest BCUT2D eigenvalue weighted by atomic mass is 10.0. The Morgan fingerprint density at radius 3 is 2.83 bits per heavy atom. The van der Waals surface area contributed by atoms with Crippen LogP contribution in [0.5, 0.6) is 0 Å². The Morgan fingerprint density at radius 1 is 1.42 bits per heavy atom. The van der Waals surface area contributed by atoms with Crippen LogP contribution in [-0.2, 0) is 4.79 Å². The number of halogens is 1. The normalized spacial score (nSPS) is 15.5. The summed E-state index contributed by atoms with van der Waals surface area (Å²) in [5, 5.41) is 11.3. The number of hydrogen-bond donors (Lipinski definition) is 3. The number of benzene rings is 1. The summed E-state index contributed by atoms with van der Waals surface area (Å²) >= 11 is 5.97. The van der Waals surface area contributed by atoms with Gasteiger partial charge in [-0.25, -0.2) is 0 Å². The fourth-order valence-electron chi connectivity index (χ4n) is 2.85. The standard InChI is InChI=1S/C18H25ClN4O/c1-13-6-7-14(19)11-15(13)16(20)12-17(21)22-18(24)5-4-10-23-8-2-3-9-23/h6-7,11-12,20H,2-5,8-10,21H2,1H3,(H,22,24)/b17-12+,20-16?. The van der Waals surface area contributed by atoms with Crippen LogP contribution >= 0.6 is 11.6 Å². The van der Waals surface area contributed by atoms with Gasteiger partial charge in [-0.15, -0.1) is 0 Å². The van der Waals surface area contributed by atoms with Crippen LogP contribution in [0.4, 0.5) is 0 Å². The van der Waals surface area contributed by atoms with Crippen molar-refractivity contribution >= 4 is 23.2 Å². The Morgan fingerprint density at radius 2 is 2.12 bits per heavy atom. The van der Waals surface area contributed by atoms with Crippen molar-refractivity contribution in [1.29, 1.82) is 5.41 Å². The Kier molecular flexibility index (Phi) is 6.82. The van der Waals surface area contributed by atoms with E-state index in [0.29, 0.717) is 17.0 Å². The number of rotatable bonds is 7. The summed E-state index contributed by atoms with van der Waals surface area (Å²) < 4.78 is 0.